The number of benzene rings is 3. The number of rotatable bonds is 5. The van der Waals surface area contributed by atoms with E-state index in [1.54, 1.807) is 66.7 Å². The van der Waals surface area contributed by atoms with Crippen LogP contribution in [-0.2, 0) is 9.59 Å². The molecule has 3 N–H and O–H groups in total. The summed E-state index contributed by atoms with van der Waals surface area (Å²) in [5.74, 6) is -0.977. The van der Waals surface area contributed by atoms with E-state index >= 15 is 0 Å². The van der Waals surface area contributed by atoms with Gasteiger partial charge in [0.2, 0.25) is 6.79 Å². The minimum atomic E-state index is -0.986. The highest BCUT2D eigenvalue weighted by Crippen LogP contribution is 2.34. The van der Waals surface area contributed by atoms with Gasteiger partial charge in [-0.15, -0.1) is 0 Å². The standard InChI is InChI=1S/C25H20N4O6/c1-33-20-9-5-6-15-12-18(23(30)26-16-7-3-2-4-8-16)29(22(15)20)28-25(32)24(31)27-17-10-11-19-21(13-17)35-14-34-19/h2-13H,14H2,1H3,(H,26,30)(H,27,31)(H,28,32). The molecule has 0 bridgehead atoms. The summed E-state index contributed by atoms with van der Waals surface area (Å²) in [7, 11) is 1.48. The number of nitrogens with zero attached hydrogens (tertiary/aromatic N) is 1. The molecule has 1 aromatic heterocycles. The number of hydrogen-bond donors (Lipinski definition) is 3. The minimum Gasteiger partial charge on any atom is -0.494 e. The summed E-state index contributed by atoms with van der Waals surface area (Å²) in [5.41, 5.74) is 3.98. The molecule has 1 aliphatic heterocycles. The quantitative estimate of drug-likeness (QED) is 0.383. The predicted molar refractivity (Wildman–Crippen MR) is 128 cm³/mol. The van der Waals surface area contributed by atoms with Crippen molar-refractivity contribution < 1.29 is 28.6 Å². The van der Waals surface area contributed by atoms with Crippen molar-refractivity contribution in [3.63, 3.8) is 0 Å². The van der Waals surface area contributed by atoms with Crippen molar-refractivity contribution in [2.75, 3.05) is 30.0 Å². The Hall–Kier alpha value is -4.99. The van der Waals surface area contributed by atoms with Gasteiger partial charge in [0.25, 0.3) is 5.91 Å². The van der Waals surface area contributed by atoms with Crippen LogP contribution in [0.25, 0.3) is 10.9 Å². The summed E-state index contributed by atoms with van der Waals surface area (Å²) in [6.45, 7) is 0.0869. The molecular weight excluding hydrogens is 452 g/mol. The lowest BCUT2D eigenvalue weighted by Gasteiger charge is -2.14. The van der Waals surface area contributed by atoms with Crippen LogP contribution in [0.15, 0.2) is 72.8 Å². The Kier molecular flexibility index (Phi) is 5.68. The fourth-order valence-corrected chi connectivity index (χ4v) is 3.71. The van der Waals surface area contributed by atoms with Crippen LogP contribution in [-0.4, -0.2) is 36.3 Å². The predicted octanol–water partition coefficient (Wildman–Crippen LogP) is 3.34. The van der Waals surface area contributed by atoms with Crippen LogP contribution in [0.1, 0.15) is 10.5 Å². The van der Waals surface area contributed by atoms with Crippen LogP contribution in [0.2, 0.25) is 0 Å². The van der Waals surface area contributed by atoms with Crippen LogP contribution >= 0.6 is 0 Å². The van der Waals surface area contributed by atoms with Gasteiger partial charge in [-0.1, -0.05) is 30.3 Å². The van der Waals surface area contributed by atoms with E-state index in [0.717, 1.165) is 0 Å². The van der Waals surface area contributed by atoms with Gasteiger partial charge in [0.1, 0.15) is 17.0 Å². The Labute approximate surface area is 199 Å². The third-order valence-corrected chi connectivity index (χ3v) is 5.32. The first-order valence-electron chi connectivity index (χ1n) is 10.6. The number of carbonyl (C=O) groups excluding carboxylic acids is 3. The first-order chi connectivity index (χ1) is 17.0. The number of para-hydroxylation sites is 2. The number of amides is 3. The van der Waals surface area contributed by atoms with Crippen molar-refractivity contribution in [2.45, 2.75) is 0 Å². The summed E-state index contributed by atoms with van der Waals surface area (Å²) < 4.78 is 17.2. The fourth-order valence-electron chi connectivity index (χ4n) is 3.71. The third kappa shape index (κ3) is 4.32. The van der Waals surface area contributed by atoms with Gasteiger partial charge in [0.05, 0.1) is 7.11 Å². The second kappa shape index (κ2) is 9.10. The summed E-state index contributed by atoms with van der Waals surface area (Å²) in [4.78, 5) is 38.6. The van der Waals surface area contributed by atoms with Gasteiger partial charge in [-0.25, -0.2) is 4.68 Å². The van der Waals surface area contributed by atoms with Crippen molar-refractivity contribution in [2.24, 2.45) is 0 Å². The lowest BCUT2D eigenvalue weighted by Crippen LogP contribution is -2.36. The number of anilines is 2. The molecule has 1 aliphatic rings. The molecule has 0 fully saturated rings. The molecule has 0 aliphatic carbocycles. The molecule has 2 heterocycles. The molecule has 0 spiro atoms. The minimum absolute atomic E-state index is 0.0869. The maximum Gasteiger partial charge on any atom is 0.328 e. The summed E-state index contributed by atoms with van der Waals surface area (Å²) in [5, 5.41) is 5.94. The van der Waals surface area contributed by atoms with Crippen molar-refractivity contribution in [1.29, 1.82) is 0 Å². The van der Waals surface area contributed by atoms with Gasteiger partial charge in [-0.05, 0) is 36.4 Å². The van der Waals surface area contributed by atoms with Crippen LogP contribution < -0.4 is 30.3 Å². The summed E-state index contributed by atoms with van der Waals surface area (Å²) in [6, 6.07) is 20.5. The molecule has 0 radical (unpaired) electrons. The second-order valence-corrected chi connectivity index (χ2v) is 7.55. The van der Waals surface area contributed by atoms with E-state index in [4.69, 9.17) is 14.2 Å². The van der Waals surface area contributed by atoms with E-state index in [1.165, 1.54) is 11.8 Å². The van der Waals surface area contributed by atoms with Gasteiger partial charge >= 0.3 is 11.8 Å². The third-order valence-electron chi connectivity index (χ3n) is 5.32. The van der Waals surface area contributed by atoms with Crippen molar-refractivity contribution in [1.82, 2.24) is 4.68 Å². The van der Waals surface area contributed by atoms with Gasteiger partial charge in [-0.2, -0.15) is 0 Å². The Morgan fingerprint density at radius 3 is 2.43 bits per heavy atom. The summed E-state index contributed by atoms with van der Waals surface area (Å²) in [6.07, 6.45) is 0. The first-order valence-corrected chi connectivity index (χ1v) is 10.6. The van der Waals surface area contributed by atoms with E-state index in [1.807, 2.05) is 6.07 Å². The number of nitrogens with one attached hydrogen (secondary N) is 3. The van der Waals surface area contributed by atoms with Gasteiger partial charge in [0, 0.05) is 22.8 Å². The molecule has 0 saturated heterocycles. The Balaban J connectivity index is 1.43. The SMILES string of the molecule is COc1cccc2cc(C(=O)Nc3ccccc3)n(NC(=O)C(=O)Nc3ccc4c(c3)OCO4)c12. The molecule has 0 atom stereocenters. The lowest BCUT2D eigenvalue weighted by atomic mass is 10.2. The number of fused-ring (bicyclic) bond motifs is 2. The van der Waals surface area contributed by atoms with E-state index in [0.29, 0.717) is 39.5 Å². The monoisotopic (exact) mass is 472 g/mol. The number of carbonyl (C=O) groups is 3. The van der Waals surface area contributed by atoms with Crippen LogP contribution in [0, 0.1) is 0 Å². The Bertz CT molecular complexity index is 1450. The molecule has 3 aromatic carbocycles. The van der Waals surface area contributed by atoms with E-state index in [9.17, 15) is 14.4 Å². The van der Waals surface area contributed by atoms with Gasteiger partial charge in [-0.3, -0.25) is 19.8 Å². The topological polar surface area (TPSA) is 120 Å². The highest BCUT2D eigenvalue weighted by molar-refractivity contribution is 6.42. The van der Waals surface area contributed by atoms with Crippen molar-refractivity contribution >= 4 is 40.0 Å². The molecule has 0 unspecified atom stereocenters. The van der Waals surface area contributed by atoms with Crippen LogP contribution in [0.4, 0.5) is 11.4 Å². The number of ether oxygens (including phenoxy) is 3. The molecule has 5 rings (SSSR count). The van der Waals surface area contributed by atoms with E-state index in [-0.39, 0.29) is 12.5 Å². The molecule has 35 heavy (non-hydrogen) atoms. The van der Waals surface area contributed by atoms with E-state index < -0.39 is 17.7 Å². The maximum atomic E-state index is 13.1. The molecule has 10 nitrogen and oxygen atoms in total. The smallest absolute Gasteiger partial charge is 0.328 e. The number of methoxy groups -OCH3 is 1. The normalized spacial score (nSPS) is 11.7. The van der Waals surface area contributed by atoms with Crippen molar-refractivity contribution in [3.05, 3.63) is 78.5 Å². The van der Waals surface area contributed by atoms with Crippen LogP contribution in [0.3, 0.4) is 0 Å². The zero-order valence-corrected chi connectivity index (χ0v) is 18.5. The Morgan fingerprint density at radius 1 is 0.829 bits per heavy atom. The van der Waals surface area contributed by atoms with Gasteiger partial charge < -0.3 is 24.8 Å². The number of aromatic nitrogens is 1. The highest BCUT2D eigenvalue weighted by atomic mass is 16.7. The van der Waals surface area contributed by atoms with E-state index in [2.05, 4.69) is 16.1 Å². The zero-order valence-electron chi connectivity index (χ0n) is 18.5. The molecule has 4 aromatic rings. The summed E-state index contributed by atoms with van der Waals surface area (Å²) >= 11 is 0. The molecule has 10 heteroatoms. The highest BCUT2D eigenvalue weighted by Gasteiger charge is 2.23. The van der Waals surface area contributed by atoms with Gasteiger partial charge in [0.15, 0.2) is 11.5 Å². The second-order valence-electron chi connectivity index (χ2n) is 7.55. The number of hydrogen-bond acceptors (Lipinski definition) is 6. The largest absolute Gasteiger partial charge is 0.494 e. The molecule has 0 saturated carbocycles. The Morgan fingerprint density at radius 2 is 1.63 bits per heavy atom. The average molecular weight is 472 g/mol. The zero-order chi connectivity index (χ0) is 24.4. The first kappa shape index (κ1) is 21.8. The maximum absolute atomic E-state index is 13.1. The van der Waals surface area contributed by atoms with Crippen LogP contribution in [0.5, 0.6) is 17.2 Å². The fraction of sp³-hybridized carbons (Fsp3) is 0.0800. The lowest BCUT2D eigenvalue weighted by molar-refractivity contribution is -0.133. The molecule has 176 valence electrons. The molecular formula is C25H20N4O6. The molecule has 3 amide bonds. The van der Waals surface area contributed by atoms with Crippen molar-refractivity contribution in [3.8, 4) is 17.2 Å². The average Bonchev–Trinajstić information content (AvgIpc) is 3.49.